The maximum absolute atomic E-state index is 13.2. The summed E-state index contributed by atoms with van der Waals surface area (Å²) < 4.78 is 15.3. The predicted molar refractivity (Wildman–Crippen MR) is 156 cm³/mol. The molecule has 0 spiro atoms. The minimum atomic E-state index is -1.10. The van der Waals surface area contributed by atoms with Gasteiger partial charge in [0.2, 0.25) is 0 Å². The number of anilines is 1. The number of piperidine rings is 3. The van der Waals surface area contributed by atoms with Gasteiger partial charge in [-0.05, 0) is 118 Å². The molecule has 0 aliphatic carbocycles. The summed E-state index contributed by atoms with van der Waals surface area (Å²) in [6.07, 6.45) is 6.93. The van der Waals surface area contributed by atoms with Crippen LogP contribution in [0.25, 0.3) is 0 Å². The molecule has 3 heterocycles. The highest BCUT2D eigenvalue weighted by atomic mass is 32.2. The molecule has 0 saturated carbocycles. The average Bonchev–Trinajstić information content (AvgIpc) is 2.95. The van der Waals surface area contributed by atoms with Crippen LogP contribution in [-0.4, -0.2) is 73.3 Å². The van der Waals surface area contributed by atoms with Crippen molar-refractivity contribution >= 4 is 24.7 Å². The maximum Gasteiger partial charge on any atom is 0.178 e. The predicted octanol–water partition coefficient (Wildman–Crippen LogP) is 4.56. The van der Waals surface area contributed by atoms with Crippen LogP contribution in [0.4, 0.5) is 5.69 Å². The van der Waals surface area contributed by atoms with Gasteiger partial charge in [0.25, 0.3) is 0 Å². The summed E-state index contributed by atoms with van der Waals surface area (Å²) in [4.78, 5) is 6.13. The van der Waals surface area contributed by atoms with Gasteiger partial charge in [0.15, 0.2) is 7.98 Å². The third kappa shape index (κ3) is 6.68. The largest absolute Gasteiger partial charge is 0.371 e. The molecule has 7 heteroatoms. The second-order valence-electron chi connectivity index (χ2n) is 11.5. The van der Waals surface area contributed by atoms with Crippen molar-refractivity contribution in [1.29, 1.82) is 0 Å². The molecule has 37 heavy (non-hydrogen) atoms. The third-order valence-electron chi connectivity index (χ3n) is 9.03. The summed E-state index contributed by atoms with van der Waals surface area (Å²) in [6.45, 7) is 12.0. The molecule has 2 aromatic rings. The van der Waals surface area contributed by atoms with Crippen LogP contribution in [0, 0.1) is 19.8 Å². The van der Waals surface area contributed by atoms with E-state index in [-0.39, 0.29) is 0 Å². The highest BCUT2D eigenvalue weighted by Crippen LogP contribution is 2.31. The summed E-state index contributed by atoms with van der Waals surface area (Å²) in [5, 5.41) is 2.86. The highest BCUT2D eigenvalue weighted by Gasteiger charge is 2.27. The summed E-state index contributed by atoms with van der Waals surface area (Å²) in [7, 11) is 4.48. The second-order valence-corrected chi connectivity index (χ2v) is 13.0. The van der Waals surface area contributed by atoms with Crippen LogP contribution >= 0.6 is 0 Å². The molecule has 3 aliphatic rings. The molecular formula is C30H43BN4OS. The molecule has 0 bridgehead atoms. The van der Waals surface area contributed by atoms with Crippen molar-refractivity contribution in [3.63, 3.8) is 0 Å². The molecular weight excluding hydrogens is 475 g/mol. The SMILES string of the molecule is [B]NC1CCN(S(=O)c2cccc(N3CCC(CN4CCC(c5ccc(C)c(C)c5)CC4)CC3)c2)CC1. The molecule has 5 nitrogen and oxygen atoms in total. The number of hydrogen-bond acceptors (Lipinski definition) is 4. The van der Waals surface area contributed by atoms with E-state index in [2.05, 4.69) is 69.6 Å². The number of nitrogens with one attached hydrogen (secondary N) is 1. The van der Waals surface area contributed by atoms with E-state index in [4.69, 9.17) is 7.98 Å². The molecule has 5 rings (SSSR count). The van der Waals surface area contributed by atoms with Crippen LogP contribution in [0.1, 0.15) is 61.1 Å². The van der Waals surface area contributed by atoms with Crippen molar-refractivity contribution in [3.05, 3.63) is 59.2 Å². The van der Waals surface area contributed by atoms with Gasteiger partial charge in [-0.1, -0.05) is 24.3 Å². The Balaban J connectivity index is 1.08. The van der Waals surface area contributed by atoms with Gasteiger partial charge in [0.05, 0.1) is 4.90 Å². The molecule has 1 N–H and O–H groups in total. The van der Waals surface area contributed by atoms with E-state index >= 15 is 0 Å². The lowest BCUT2D eigenvalue weighted by Crippen LogP contribution is -2.42. The number of nitrogens with zero attached hydrogens (tertiary/aromatic N) is 3. The van der Waals surface area contributed by atoms with Gasteiger partial charge in [-0.25, -0.2) is 8.51 Å². The first-order chi connectivity index (χ1) is 18.0. The molecule has 3 fully saturated rings. The zero-order valence-electron chi connectivity index (χ0n) is 22.7. The maximum atomic E-state index is 13.2. The van der Waals surface area contributed by atoms with E-state index in [1.165, 1.54) is 67.7 Å². The Morgan fingerprint density at radius 1 is 0.865 bits per heavy atom. The average molecular weight is 519 g/mol. The van der Waals surface area contributed by atoms with Crippen LogP contribution in [0.5, 0.6) is 0 Å². The second kappa shape index (κ2) is 12.5. The lowest BCUT2D eigenvalue weighted by atomic mass is 9.87. The minimum Gasteiger partial charge on any atom is -0.371 e. The molecule has 3 saturated heterocycles. The molecule has 3 aliphatic heterocycles. The van der Waals surface area contributed by atoms with Gasteiger partial charge in [0, 0.05) is 38.4 Å². The van der Waals surface area contributed by atoms with Crippen molar-refractivity contribution in [2.24, 2.45) is 5.92 Å². The fourth-order valence-corrected chi connectivity index (χ4v) is 7.59. The molecule has 1 unspecified atom stereocenters. The summed E-state index contributed by atoms with van der Waals surface area (Å²) in [5.74, 6) is 1.50. The van der Waals surface area contributed by atoms with Gasteiger partial charge in [0.1, 0.15) is 11.0 Å². The fraction of sp³-hybridized carbons (Fsp3) is 0.600. The summed E-state index contributed by atoms with van der Waals surface area (Å²) in [6, 6.07) is 15.8. The molecule has 2 aromatic carbocycles. The van der Waals surface area contributed by atoms with E-state index < -0.39 is 11.0 Å². The fourth-order valence-electron chi connectivity index (χ4n) is 6.33. The lowest BCUT2D eigenvalue weighted by Gasteiger charge is -2.38. The molecule has 2 radical (unpaired) electrons. The Bertz CT molecular complexity index is 1060. The zero-order chi connectivity index (χ0) is 25.8. The van der Waals surface area contributed by atoms with E-state index in [1.807, 2.05) is 6.07 Å². The van der Waals surface area contributed by atoms with E-state index in [0.29, 0.717) is 6.04 Å². The van der Waals surface area contributed by atoms with Gasteiger partial charge in [-0.15, -0.1) is 0 Å². The lowest BCUT2D eigenvalue weighted by molar-refractivity contribution is 0.170. The van der Waals surface area contributed by atoms with E-state index in [1.54, 1.807) is 0 Å². The van der Waals surface area contributed by atoms with Crippen molar-refractivity contribution in [2.75, 3.05) is 50.7 Å². The Labute approximate surface area is 228 Å². The number of rotatable bonds is 7. The zero-order valence-corrected chi connectivity index (χ0v) is 23.5. The molecule has 198 valence electrons. The van der Waals surface area contributed by atoms with Gasteiger partial charge in [-0.2, -0.15) is 0 Å². The van der Waals surface area contributed by atoms with Crippen LogP contribution in [0.3, 0.4) is 0 Å². The van der Waals surface area contributed by atoms with Crippen LogP contribution in [0.15, 0.2) is 47.4 Å². The normalized spacial score (nSPS) is 22.4. The molecule has 1 atom stereocenters. The van der Waals surface area contributed by atoms with Crippen molar-refractivity contribution in [3.8, 4) is 0 Å². The van der Waals surface area contributed by atoms with Crippen molar-refractivity contribution in [2.45, 2.75) is 69.2 Å². The standard InChI is InChI=1S/C30H43BN4OS/c1-23-6-7-27(20-24(23)2)26-10-14-33(15-11-26)22-25-8-16-34(17-9-25)29-4-3-5-30(21-29)37(36)35-18-12-28(32-31)13-19-35/h3-7,20-21,25-26,28,32H,8-19,22H2,1-2H3. The van der Waals surface area contributed by atoms with Crippen LogP contribution in [-0.2, 0) is 11.0 Å². The highest BCUT2D eigenvalue weighted by molar-refractivity contribution is 7.82. The van der Waals surface area contributed by atoms with E-state index in [9.17, 15) is 4.21 Å². The summed E-state index contributed by atoms with van der Waals surface area (Å²) >= 11 is 0. The first-order valence-electron chi connectivity index (χ1n) is 14.3. The monoisotopic (exact) mass is 518 g/mol. The van der Waals surface area contributed by atoms with Crippen LogP contribution in [0.2, 0.25) is 0 Å². The van der Waals surface area contributed by atoms with Gasteiger partial charge in [-0.3, -0.25) is 0 Å². The third-order valence-corrected chi connectivity index (χ3v) is 10.5. The number of aryl methyl sites for hydroxylation is 2. The number of benzene rings is 2. The van der Waals surface area contributed by atoms with Crippen molar-refractivity contribution in [1.82, 2.24) is 14.4 Å². The number of hydrogen-bond donors (Lipinski definition) is 1. The van der Waals surface area contributed by atoms with Gasteiger partial charge < -0.3 is 15.0 Å². The van der Waals surface area contributed by atoms with Gasteiger partial charge >= 0.3 is 0 Å². The van der Waals surface area contributed by atoms with E-state index in [0.717, 1.165) is 55.8 Å². The quantitative estimate of drug-likeness (QED) is 0.546. The van der Waals surface area contributed by atoms with Crippen molar-refractivity contribution < 1.29 is 4.21 Å². The number of likely N-dealkylation sites (tertiary alicyclic amines) is 1. The Morgan fingerprint density at radius 3 is 2.27 bits per heavy atom. The Hall–Kier alpha value is -1.67. The Kier molecular flexibility index (Phi) is 9.07. The smallest absolute Gasteiger partial charge is 0.178 e. The first-order valence-corrected chi connectivity index (χ1v) is 15.4. The minimum absolute atomic E-state index is 0.338. The molecule has 0 amide bonds. The topological polar surface area (TPSA) is 38.8 Å². The van der Waals surface area contributed by atoms with Crippen LogP contribution < -0.4 is 10.1 Å². The Morgan fingerprint density at radius 2 is 1.59 bits per heavy atom. The first kappa shape index (κ1) is 26.9. The summed E-state index contributed by atoms with van der Waals surface area (Å²) in [5.41, 5.74) is 5.58. The molecule has 0 aromatic heterocycles.